The SMILES string of the molecule is O=C(O)[AsH][GeH2+].[SH-]. The first-order valence-electron chi connectivity index (χ1n) is 1.03. The molecule has 0 saturated carbocycles. The van der Waals surface area contributed by atoms with Gasteiger partial charge in [-0.1, -0.05) is 0 Å². The summed E-state index contributed by atoms with van der Waals surface area (Å²) < 4.78 is -0.565. The van der Waals surface area contributed by atoms with E-state index in [1.54, 1.807) is 0 Å². The number of carbonyl (C=O) groups is 1. The van der Waals surface area contributed by atoms with Gasteiger partial charge in [-0.05, 0) is 0 Å². The summed E-state index contributed by atoms with van der Waals surface area (Å²) in [6, 6.07) is 0. The van der Waals surface area contributed by atoms with Gasteiger partial charge in [-0.15, -0.1) is 0 Å². The summed E-state index contributed by atoms with van der Waals surface area (Å²) in [5, 5.41) is 7.81. The van der Waals surface area contributed by atoms with Crippen LogP contribution < -0.4 is 0 Å². The molecule has 6 heavy (non-hydrogen) atoms. The quantitative estimate of drug-likeness (QED) is 0.333. The molecule has 2 nitrogen and oxygen atoms in total. The normalized spacial score (nSPS) is 8.00. The van der Waals surface area contributed by atoms with Crippen molar-refractivity contribution in [2.45, 2.75) is 0 Å². The van der Waals surface area contributed by atoms with E-state index in [1.165, 1.54) is 0 Å². The maximum atomic E-state index is 9.45. The first-order valence-corrected chi connectivity index (χ1v) is 11.3. The van der Waals surface area contributed by atoms with Crippen LogP contribution in [0, 0.1) is 0 Å². The van der Waals surface area contributed by atoms with Crippen molar-refractivity contribution >= 4 is 46.5 Å². The molecule has 0 amide bonds. The van der Waals surface area contributed by atoms with E-state index in [-0.39, 0.29) is 13.5 Å². The van der Waals surface area contributed by atoms with Crippen molar-refractivity contribution in [3.63, 3.8) is 0 Å². The van der Waals surface area contributed by atoms with Gasteiger partial charge in [0.2, 0.25) is 0 Å². The molecule has 5 heteroatoms. The standard InChI is InChI=1S/CH3AsGeO2.H2S/c3-2-1(4)5;/h2H,3H2;1H2. The second kappa shape index (κ2) is 5.92. The summed E-state index contributed by atoms with van der Waals surface area (Å²) in [4.78, 5) is 9.45. The molecule has 0 radical (unpaired) electrons. The average Bonchev–Trinajstić information content (AvgIpc) is 1.38. The Morgan fingerprint density at radius 1 is 1.83 bits per heavy atom. The third kappa shape index (κ3) is 8.87. The molecular weight excluding hydrogens is 224 g/mol. The Bertz CT molecular complexity index is 48.8. The summed E-state index contributed by atoms with van der Waals surface area (Å²) in [7, 11) is 0. The van der Waals surface area contributed by atoms with Crippen LogP contribution in [0.2, 0.25) is 0 Å². The Balaban J connectivity index is 0. The van der Waals surface area contributed by atoms with Crippen molar-refractivity contribution in [2.75, 3.05) is 0 Å². The second-order valence-electron chi connectivity index (χ2n) is 0.482. The van der Waals surface area contributed by atoms with Crippen molar-refractivity contribution < 1.29 is 9.90 Å². The van der Waals surface area contributed by atoms with E-state index >= 15 is 0 Å². The minimum Gasteiger partial charge on any atom is -0.813 e. The van der Waals surface area contributed by atoms with Crippen LogP contribution in [0.1, 0.15) is 0 Å². The van der Waals surface area contributed by atoms with E-state index in [4.69, 9.17) is 5.11 Å². The fraction of sp³-hybridized carbons (Fsp3) is 0. The maximum Gasteiger partial charge on any atom is -0.813 e. The predicted molar refractivity (Wildman–Crippen MR) is 32.5 cm³/mol. The van der Waals surface area contributed by atoms with Gasteiger partial charge in [0.05, 0.1) is 0 Å². The molecule has 1 unspecified atom stereocenters. The molecule has 0 spiro atoms. The minimum atomic E-state index is -0.565. The van der Waals surface area contributed by atoms with Crippen LogP contribution in [0.4, 0.5) is 4.79 Å². The summed E-state index contributed by atoms with van der Waals surface area (Å²) >= 11 is 0.468. The number of hydrogen-bond acceptors (Lipinski definition) is 2. The Hall–Kier alpha value is 0.921. The smallest absolute Gasteiger partial charge is 0.813 e. The van der Waals surface area contributed by atoms with Crippen LogP contribution in [0.15, 0.2) is 0 Å². The van der Waals surface area contributed by atoms with Gasteiger partial charge in [-0.2, -0.15) is 0 Å². The minimum absolute atomic E-state index is 0. The Labute approximate surface area is 56.4 Å². The average molecular weight is 229 g/mol. The van der Waals surface area contributed by atoms with E-state index in [0.29, 0.717) is 0 Å². The van der Waals surface area contributed by atoms with E-state index in [2.05, 4.69) is 0 Å². The van der Waals surface area contributed by atoms with Crippen LogP contribution >= 0.6 is 0 Å². The van der Waals surface area contributed by atoms with Crippen molar-refractivity contribution in [3.05, 3.63) is 0 Å². The maximum absolute atomic E-state index is 9.45. The Kier molecular flexibility index (Phi) is 9.89. The van der Waals surface area contributed by atoms with Crippen LogP contribution in [-0.2, 0) is 13.5 Å². The zero-order valence-electron chi connectivity index (χ0n) is 3.01. The van der Waals surface area contributed by atoms with Crippen LogP contribution in [0.25, 0.3) is 0 Å². The first kappa shape index (κ1) is 10.0. The van der Waals surface area contributed by atoms with Gasteiger partial charge >= 0.3 is 42.9 Å². The molecule has 0 aliphatic rings. The molecule has 0 aliphatic heterocycles. The Morgan fingerprint density at radius 2 is 2.00 bits per heavy atom. The molecule has 0 saturated heterocycles. The third-order valence-corrected chi connectivity index (χ3v) is 4.08. The molecule has 0 aromatic heterocycles. The number of rotatable bonds is 1. The van der Waals surface area contributed by atoms with E-state index < -0.39 is 18.5 Å². The molecule has 0 aromatic rings. The van der Waals surface area contributed by atoms with E-state index in [1.807, 2.05) is 0 Å². The van der Waals surface area contributed by atoms with Gasteiger partial charge in [-0.3, -0.25) is 0 Å². The summed E-state index contributed by atoms with van der Waals surface area (Å²) in [5.41, 5.74) is 0. The van der Waals surface area contributed by atoms with E-state index in [0.717, 1.165) is 14.5 Å². The molecule has 0 rings (SSSR count). The Morgan fingerprint density at radius 3 is 2.00 bits per heavy atom. The summed E-state index contributed by atoms with van der Waals surface area (Å²) in [6.07, 6.45) is 0. The van der Waals surface area contributed by atoms with Crippen LogP contribution in [0.5, 0.6) is 0 Å². The van der Waals surface area contributed by atoms with Crippen molar-refractivity contribution in [1.29, 1.82) is 0 Å². The third-order valence-electron chi connectivity index (χ3n) is 0.151. The first-order chi connectivity index (χ1) is 2.27. The zero-order valence-corrected chi connectivity index (χ0v) is 8.97. The second-order valence-corrected chi connectivity index (χ2v) is 5.98. The monoisotopic (exact) mass is 230 g/mol. The summed E-state index contributed by atoms with van der Waals surface area (Å²) in [5.74, 6) is 0. The van der Waals surface area contributed by atoms with Crippen molar-refractivity contribution in [2.24, 2.45) is 0 Å². The fourth-order valence-electron chi connectivity index (χ4n) is 0. The molecule has 0 aliphatic carbocycles. The number of carboxylic acid groups (broad SMARTS) is 1. The van der Waals surface area contributed by atoms with Crippen LogP contribution in [0.3, 0.4) is 0 Å². The number of thiol groups is 1. The van der Waals surface area contributed by atoms with E-state index in [9.17, 15) is 4.79 Å². The van der Waals surface area contributed by atoms with Crippen LogP contribution in [-0.4, -0.2) is 38.1 Å². The van der Waals surface area contributed by atoms with Gasteiger partial charge in [-0.25, -0.2) is 0 Å². The zero-order chi connectivity index (χ0) is 4.28. The molecule has 36 valence electrons. The largest absolute Gasteiger partial charge is 0.813 e. The molecular formula is CH5AsGeO2S. The molecule has 0 fully saturated rings. The van der Waals surface area contributed by atoms with Gasteiger partial charge < -0.3 is 13.5 Å². The molecule has 0 aromatic carbocycles. The molecule has 0 heterocycles. The van der Waals surface area contributed by atoms with Crippen molar-refractivity contribution in [1.82, 2.24) is 0 Å². The predicted octanol–water partition coefficient (Wildman–Crippen LogP) is -1.62. The van der Waals surface area contributed by atoms with Crippen molar-refractivity contribution in [3.8, 4) is 0 Å². The fourth-order valence-corrected chi connectivity index (χ4v) is 0. The van der Waals surface area contributed by atoms with Gasteiger partial charge in [0, 0.05) is 0 Å². The summed E-state index contributed by atoms with van der Waals surface area (Å²) in [6.45, 7) is 0. The number of hydrogen-bond donors (Lipinski definition) is 1. The molecule has 1 atom stereocenters. The molecule has 0 bridgehead atoms. The van der Waals surface area contributed by atoms with Gasteiger partial charge in [0.1, 0.15) is 0 Å². The van der Waals surface area contributed by atoms with Gasteiger partial charge in [0.25, 0.3) is 0 Å². The topological polar surface area (TPSA) is 37.3 Å². The van der Waals surface area contributed by atoms with Gasteiger partial charge in [0.15, 0.2) is 0 Å². The molecule has 1 N–H and O–H groups in total.